The Bertz CT molecular complexity index is 1050. The van der Waals surface area contributed by atoms with E-state index in [1.54, 1.807) is 24.5 Å². The normalized spacial score (nSPS) is 10.9. The summed E-state index contributed by atoms with van der Waals surface area (Å²) in [5.74, 6) is -0.828. The minimum Gasteiger partial charge on any atom is -0.366 e. The van der Waals surface area contributed by atoms with Crippen molar-refractivity contribution in [2.24, 2.45) is 0 Å². The Kier molecular flexibility index (Phi) is 3.47. The van der Waals surface area contributed by atoms with Crippen LogP contribution in [-0.2, 0) is 0 Å². The number of fused-ring (bicyclic) bond motifs is 1. The van der Waals surface area contributed by atoms with Gasteiger partial charge in [-0.25, -0.2) is 4.39 Å². The molecule has 0 unspecified atom stereocenters. The Morgan fingerprint density at radius 1 is 0.792 bits per heavy atom. The molecular weight excluding hydrogens is 301 g/mol. The third kappa shape index (κ3) is 2.40. The standard InChI is InChI=1S/C21H14FNO/c22-20-8-4-3-7-17(20)21(24)19-13-23-12-18(19)16-10-9-14-5-1-2-6-15(14)11-16/h1-13,23H. The zero-order valence-corrected chi connectivity index (χ0v) is 12.8. The molecule has 0 aliphatic carbocycles. The molecule has 2 nitrogen and oxygen atoms in total. The van der Waals surface area contributed by atoms with Gasteiger partial charge in [-0.05, 0) is 34.5 Å². The predicted octanol–water partition coefficient (Wildman–Crippen LogP) is 5.21. The molecule has 0 spiro atoms. The first-order chi connectivity index (χ1) is 11.7. The molecule has 1 heterocycles. The van der Waals surface area contributed by atoms with Crippen LogP contribution >= 0.6 is 0 Å². The van der Waals surface area contributed by atoms with Crippen LogP contribution in [0.15, 0.2) is 79.1 Å². The Hall–Kier alpha value is -3.20. The Labute approximate surface area is 138 Å². The summed E-state index contributed by atoms with van der Waals surface area (Å²) in [6.45, 7) is 0. The number of ketones is 1. The molecule has 0 saturated carbocycles. The molecule has 1 N–H and O–H groups in total. The van der Waals surface area contributed by atoms with Gasteiger partial charge >= 0.3 is 0 Å². The first-order valence-electron chi connectivity index (χ1n) is 7.69. The van der Waals surface area contributed by atoms with Crippen molar-refractivity contribution in [1.82, 2.24) is 4.98 Å². The van der Waals surface area contributed by atoms with E-state index >= 15 is 0 Å². The fourth-order valence-corrected chi connectivity index (χ4v) is 2.94. The van der Waals surface area contributed by atoms with Gasteiger partial charge in [0.1, 0.15) is 5.82 Å². The largest absolute Gasteiger partial charge is 0.366 e. The van der Waals surface area contributed by atoms with E-state index in [9.17, 15) is 9.18 Å². The van der Waals surface area contributed by atoms with Crippen LogP contribution in [0.2, 0.25) is 0 Å². The van der Waals surface area contributed by atoms with Crippen molar-refractivity contribution >= 4 is 16.6 Å². The SMILES string of the molecule is O=C(c1ccccc1F)c1c[nH]cc1-c1ccc2ccccc2c1. The van der Waals surface area contributed by atoms with Crippen molar-refractivity contribution in [2.45, 2.75) is 0 Å². The molecule has 116 valence electrons. The van der Waals surface area contributed by atoms with E-state index in [2.05, 4.69) is 4.98 Å². The number of rotatable bonds is 3. The van der Waals surface area contributed by atoms with Crippen LogP contribution in [0.5, 0.6) is 0 Å². The minimum atomic E-state index is -0.506. The highest BCUT2D eigenvalue weighted by molar-refractivity contribution is 6.13. The first-order valence-corrected chi connectivity index (χ1v) is 7.69. The molecule has 24 heavy (non-hydrogen) atoms. The second-order valence-electron chi connectivity index (χ2n) is 5.65. The Morgan fingerprint density at radius 2 is 1.54 bits per heavy atom. The maximum Gasteiger partial charge on any atom is 0.198 e. The van der Waals surface area contributed by atoms with E-state index in [1.165, 1.54) is 12.1 Å². The Balaban J connectivity index is 1.82. The summed E-state index contributed by atoms with van der Waals surface area (Å²) in [4.78, 5) is 15.7. The highest BCUT2D eigenvalue weighted by Crippen LogP contribution is 2.29. The number of nitrogens with one attached hydrogen (secondary N) is 1. The third-order valence-corrected chi connectivity index (χ3v) is 4.17. The van der Waals surface area contributed by atoms with Gasteiger partial charge in [-0.3, -0.25) is 4.79 Å². The van der Waals surface area contributed by atoms with Gasteiger partial charge < -0.3 is 4.98 Å². The van der Waals surface area contributed by atoms with E-state index in [1.807, 2.05) is 42.5 Å². The van der Waals surface area contributed by atoms with Gasteiger partial charge in [0.15, 0.2) is 5.78 Å². The molecule has 0 aliphatic rings. The summed E-state index contributed by atoms with van der Waals surface area (Å²) >= 11 is 0. The number of hydrogen-bond donors (Lipinski definition) is 1. The second-order valence-corrected chi connectivity index (χ2v) is 5.65. The highest BCUT2D eigenvalue weighted by atomic mass is 19.1. The monoisotopic (exact) mass is 315 g/mol. The third-order valence-electron chi connectivity index (χ3n) is 4.17. The van der Waals surface area contributed by atoms with Gasteiger partial charge in [0.05, 0.1) is 5.56 Å². The van der Waals surface area contributed by atoms with Gasteiger partial charge in [-0.15, -0.1) is 0 Å². The van der Waals surface area contributed by atoms with Gasteiger partial charge in [0.25, 0.3) is 0 Å². The van der Waals surface area contributed by atoms with Crippen LogP contribution in [0.4, 0.5) is 4.39 Å². The predicted molar refractivity (Wildman–Crippen MR) is 93.6 cm³/mol. The molecular formula is C21H14FNO. The van der Waals surface area contributed by atoms with Crippen LogP contribution in [0.25, 0.3) is 21.9 Å². The van der Waals surface area contributed by atoms with E-state index in [-0.39, 0.29) is 11.3 Å². The lowest BCUT2D eigenvalue weighted by Gasteiger charge is -2.06. The number of benzene rings is 3. The molecule has 0 amide bonds. The summed E-state index contributed by atoms with van der Waals surface area (Å²) in [6.07, 6.45) is 3.40. The van der Waals surface area contributed by atoms with Gasteiger partial charge in [0.2, 0.25) is 0 Å². The summed E-state index contributed by atoms with van der Waals surface area (Å²) in [7, 11) is 0. The number of aromatic amines is 1. The lowest BCUT2D eigenvalue weighted by atomic mass is 9.96. The number of hydrogen-bond acceptors (Lipinski definition) is 1. The molecule has 3 heteroatoms. The van der Waals surface area contributed by atoms with Crippen LogP contribution in [0.1, 0.15) is 15.9 Å². The van der Waals surface area contributed by atoms with E-state index < -0.39 is 5.82 Å². The van der Waals surface area contributed by atoms with Crippen molar-refractivity contribution in [3.63, 3.8) is 0 Å². The lowest BCUT2D eigenvalue weighted by Crippen LogP contribution is -2.04. The number of H-pyrrole nitrogens is 1. The molecule has 0 atom stereocenters. The van der Waals surface area contributed by atoms with Crippen molar-refractivity contribution in [3.8, 4) is 11.1 Å². The average molecular weight is 315 g/mol. The fraction of sp³-hybridized carbons (Fsp3) is 0. The van der Waals surface area contributed by atoms with Crippen molar-refractivity contribution in [3.05, 3.63) is 96.1 Å². The number of carbonyl (C=O) groups is 1. The highest BCUT2D eigenvalue weighted by Gasteiger charge is 2.18. The quantitative estimate of drug-likeness (QED) is 0.518. The van der Waals surface area contributed by atoms with Crippen LogP contribution in [0, 0.1) is 5.82 Å². The maximum atomic E-state index is 13.9. The van der Waals surface area contributed by atoms with E-state index in [0.717, 1.165) is 21.9 Å². The van der Waals surface area contributed by atoms with Crippen molar-refractivity contribution < 1.29 is 9.18 Å². The molecule has 0 saturated heterocycles. The average Bonchev–Trinajstić information content (AvgIpc) is 3.11. The smallest absolute Gasteiger partial charge is 0.198 e. The van der Waals surface area contributed by atoms with Crippen LogP contribution in [0.3, 0.4) is 0 Å². The van der Waals surface area contributed by atoms with E-state index in [4.69, 9.17) is 0 Å². The molecule has 3 aromatic carbocycles. The molecule has 0 radical (unpaired) electrons. The molecule has 4 aromatic rings. The summed E-state index contributed by atoms with van der Waals surface area (Å²) in [5, 5.41) is 2.24. The molecule has 0 bridgehead atoms. The second kappa shape index (κ2) is 5.78. The summed E-state index contributed by atoms with van der Waals surface area (Å²) in [6, 6.07) is 20.1. The van der Waals surface area contributed by atoms with Gasteiger partial charge in [-0.2, -0.15) is 0 Å². The first kappa shape index (κ1) is 14.4. The van der Waals surface area contributed by atoms with Crippen LogP contribution in [-0.4, -0.2) is 10.8 Å². The van der Waals surface area contributed by atoms with Crippen molar-refractivity contribution in [1.29, 1.82) is 0 Å². The van der Waals surface area contributed by atoms with Gasteiger partial charge in [0, 0.05) is 23.5 Å². The topological polar surface area (TPSA) is 32.9 Å². The lowest BCUT2D eigenvalue weighted by molar-refractivity contribution is 0.103. The van der Waals surface area contributed by atoms with Gasteiger partial charge in [-0.1, -0.05) is 48.5 Å². The number of halogens is 1. The van der Waals surface area contributed by atoms with Crippen LogP contribution < -0.4 is 0 Å². The molecule has 4 rings (SSSR count). The minimum absolute atomic E-state index is 0.0825. The zero-order chi connectivity index (χ0) is 16.5. The Morgan fingerprint density at radius 3 is 2.38 bits per heavy atom. The summed E-state index contributed by atoms with van der Waals surface area (Å²) in [5.41, 5.74) is 2.25. The van der Waals surface area contributed by atoms with E-state index in [0.29, 0.717) is 5.56 Å². The van der Waals surface area contributed by atoms with Crippen molar-refractivity contribution in [2.75, 3.05) is 0 Å². The maximum absolute atomic E-state index is 13.9. The fourth-order valence-electron chi connectivity index (χ4n) is 2.94. The molecule has 1 aromatic heterocycles. The number of carbonyl (C=O) groups excluding carboxylic acids is 1. The molecule has 0 fully saturated rings. The summed E-state index contributed by atoms with van der Waals surface area (Å²) < 4.78 is 13.9. The molecule has 0 aliphatic heterocycles. The zero-order valence-electron chi connectivity index (χ0n) is 12.8. The number of aromatic nitrogens is 1.